The van der Waals surface area contributed by atoms with Gasteiger partial charge < -0.3 is 16.2 Å². The Bertz CT molecular complexity index is 535. The summed E-state index contributed by atoms with van der Waals surface area (Å²) in [5, 5.41) is 0. The maximum Gasteiger partial charge on any atom is 0.338 e. The van der Waals surface area contributed by atoms with Gasteiger partial charge in [0.2, 0.25) is 0 Å². The Morgan fingerprint density at radius 3 is 2.33 bits per heavy atom. The summed E-state index contributed by atoms with van der Waals surface area (Å²) in [6, 6.07) is 8.21. The molecule has 0 aliphatic heterocycles. The van der Waals surface area contributed by atoms with Crippen LogP contribution in [0, 0.1) is 0 Å². The van der Waals surface area contributed by atoms with E-state index in [-0.39, 0.29) is 6.61 Å². The fraction of sp³-hybridized carbons (Fsp3) is 0.0769. The number of benzene rings is 1. The van der Waals surface area contributed by atoms with Crippen molar-refractivity contribution in [1.29, 1.82) is 0 Å². The first-order chi connectivity index (χ1) is 8.65. The van der Waals surface area contributed by atoms with Gasteiger partial charge >= 0.3 is 5.97 Å². The molecule has 5 nitrogen and oxygen atoms in total. The number of anilines is 2. The number of carbonyl (C=O) groups excluding carboxylic acids is 1. The van der Waals surface area contributed by atoms with E-state index < -0.39 is 5.97 Å². The lowest BCUT2D eigenvalue weighted by atomic mass is 10.2. The summed E-state index contributed by atoms with van der Waals surface area (Å²) < 4.78 is 5.15. The van der Waals surface area contributed by atoms with E-state index in [1.807, 2.05) is 0 Å². The van der Waals surface area contributed by atoms with Crippen LogP contribution < -0.4 is 11.5 Å². The zero-order chi connectivity index (χ0) is 13.0. The number of hydrogen-bond donors (Lipinski definition) is 2. The topological polar surface area (TPSA) is 91.2 Å². The van der Waals surface area contributed by atoms with Gasteiger partial charge in [0.05, 0.1) is 5.56 Å². The first kappa shape index (κ1) is 11.9. The van der Waals surface area contributed by atoms with E-state index >= 15 is 0 Å². The molecule has 0 saturated carbocycles. The Kier molecular flexibility index (Phi) is 3.43. The fourth-order valence-corrected chi connectivity index (χ4v) is 1.51. The largest absolute Gasteiger partial charge is 0.457 e. The van der Waals surface area contributed by atoms with Crippen LogP contribution in [-0.4, -0.2) is 11.0 Å². The molecule has 1 aromatic heterocycles. The summed E-state index contributed by atoms with van der Waals surface area (Å²) in [5.74, 6) is -0.453. The molecule has 0 unspecified atom stereocenters. The minimum absolute atomic E-state index is 0.191. The highest BCUT2D eigenvalue weighted by Crippen LogP contribution is 2.15. The van der Waals surface area contributed by atoms with Gasteiger partial charge in [0.25, 0.3) is 0 Å². The molecule has 1 heterocycles. The predicted molar refractivity (Wildman–Crippen MR) is 68.6 cm³/mol. The maximum absolute atomic E-state index is 11.8. The van der Waals surface area contributed by atoms with Crippen LogP contribution in [0.1, 0.15) is 15.9 Å². The number of ether oxygens (including phenoxy) is 1. The zero-order valence-electron chi connectivity index (χ0n) is 9.67. The molecule has 92 valence electrons. The molecule has 0 saturated heterocycles. The monoisotopic (exact) mass is 243 g/mol. The standard InChI is InChI=1S/C13H13N3O2/c14-11-5-10(6-12(15)7-11)13(17)18-8-9-1-3-16-4-2-9/h1-7H,8,14-15H2. The molecule has 0 aliphatic rings. The van der Waals surface area contributed by atoms with Crippen molar-refractivity contribution in [2.45, 2.75) is 6.61 Å². The minimum Gasteiger partial charge on any atom is -0.457 e. The highest BCUT2D eigenvalue weighted by Gasteiger charge is 2.08. The minimum atomic E-state index is -0.453. The quantitative estimate of drug-likeness (QED) is 0.631. The number of esters is 1. The predicted octanol–water partition coefficient (Wildman–Crippen LogP) is 1.60. The second-order valence-corrected chi connectivity index (χ2v) is 3.82. The summed E-state index contributed by atoms with van der Waals surface area (Å²) in [5.41, 5.74) is 13.3. The van der Waals surface area contributed by atoms with Crippen molar-refractivity contribution in [3.63, 3.8) is 0 Å². The fourth-order valence-electron chi connectivity index (χ4n) is 1.51. The lowest BCUT2D eigenvalue weighted by Gasteiger charge is -2.06. The number of nitrogens with two attached hydrogens (primary N) is 2. The van der Waals surface area contributed by atoms with Crippen molar-refractivity contribution >= 4 is 17.3 Å². The van der Waals surface area contributed by atoms with E-state index in [2.05, 4.69) is 4.98 Å². The summed E-state index contributed by atoms with van der Waals surface area (Å²) in [4.78, 5) is 15.7. The smallest absolute Gasteiger partial charge is 0.338 e. The number of nitrogen functional groups attached to an aromatic ring is 2. The summed E-state index contributed by atoms with van der Waals surface area (Å²) in [6.07, 6.45) is 3.28. The molecule has 5 heteroatoms. The molecular weight excluding hydrogens is 230 g/mol. The number of nitrogens with zero attached hydrogens (tertiary/aromatic N) is 1. The first-order valence-corrected chi connectivity index (χ1v) is 5.37. The zero-order valence-corrected chi connectivity index (χ0v) is 9.67. The number of hydrogen-bond acceptors (Lipinski definition) is 5. The van der Waals surface area contributed by atoms with E-state index in [0.29, 0.717) is 16.9 Å². The van der Waals surface area contributed by atoms with Crippen LogP contribution in [0.5, 0.6) is 0 Å². The van der Waals surface area contributed by atoms with Crippen LogP contribution in [-0.2, 0) is 11.3 Å². The van der Waals surface area contributed by atoms with E-state index in [4.69, 9.17) is 16.2 Å². The second-order valence-electron chi connectivity index (χ2n) is 3.82. The number of pyridine rings is 1. The molecule has 0 amide bonds. The molecule has 0 spiro atoms. The molecule has 18 heavy (non-hydrogen) atoms. The SMILES string of the molecule is Nc1cc(N)cc(C(=O)OCc2ccncc2)c1. The third kappa shape index (κ3) is 2.98. The third-order valence-electron chi connectivity index (χ3n) is 2.33. The van der Waals surface area contributed by atoms with E-state index in [1.54, 1.807) is 30.6 Å². The molecule has 0 atom stereocenters. The van der Waals surface area contributed by atoms with Gasteiger partial charge in [0.1, 0.15) is 6.61 Å². The van der Waals surface area contributed by atoms with Crippen molar-refractivity contribution in [3.8, 4) is 0 Å². The van der Waals surface area contributed by atoms with Crippen molar-refractivity contribution in [2.24, 2.45) is 0 Å². The van der Waals surface area contributed by atoms with Crippen LogP contribution in [0.25, 0.3) is 0 Å². The molecule has 1 aromatic carbocycles. The second kappa shape index (κ2) is 5.18. The molecule has 0 bridgehead atoms. The molecule has 0 fully saturated rings. The number of rotatable bonds is 3. The van der Waals surface area contributed by atoms with Gasteiger partial charge in [-0.2, -0.15) is 0 Å². The Morgan fingerprint density at radius 1 is 1.11 bits per heavy atom. The average molecular weight is 243 g/mol. The van der Waals surface area contributed by atoms with Gasteiger partial charge in [0, 0.05) is 23.8 Å². The summed E-state index contributed by atoms with van der Waals surface area (Å²) in [6.45, 7) is 0.191. The summed E-state index contributed by atoms with van der Waals surface area (Å²) >= 11 is 0. The van der Waals surface area contributed by atoms with Crippen LogP contribution in [0.2, 0.25) is 0 Å². The van der Waals surface area contributed by atoms with Crippen LogP contribution in [0.3, 0.4) is 0 Å². The highest BCUT2D eigenvalue weighted by molar-refractivity contribution is 5.91. The van der Waals surface area contributed by atoms with Gasteiger partial charge in [-0.05, 0) is 35.9 Å². The number of aromatic nitrogens is 1. The van der Waals surface area contributed by atoms with E-state index in [1.165, 1.54) is 12.1 Å². The Labute approximate surface area is 104 Å². The molecule has 4 N–H and O–H groups in total. The lowest BCUT2D eigenvalue weighted by molar-refractivity contribution is 0.0472. The van der Waals surface area contributed by atoms with Gasteiger partial charge in [0.15, 0.2) is 0 Å². The number of carbonyl (C=O) groups is 1. The van der Waals surface area contributed by atoms with Crippen molar-refractivity contribution in [1.82, 2.24) is 4.98 Å². The van der Waals surface area contributed by atoms with E-state index in [9.17, 15) is 4.79 Å². The van der Waals surface area contributed by atoms with Crippen LogP contribution >= 0.6 is 0 Å². The Morgan fingerprint density at radius 2 is 1.72 bits per heavy atom. The summed E-state index contributed by atoms with van der Waals surface area (Å²) in [7, 11) is 0. The van der Waals surface area contributed by atoms with Gasteiger partial charge in [-0.25, -0.2) is 4.79 Å². The van der Waals surface area contributed by atoms with Crippen LogP contribution in [0.4, 0.5) is 11.4 Å². The molecular formula is C13H13N3O2. The van der Waals surface area contributed by atoms with Crippen LogP contribution in [0.15, 0.2) is 42.7 Å². The Balaban J connectivity index is 2.04. The first-order valence-electron chi connectivity index (χ1n) is 5.37. The highest BCUT2D eigenvalue weighted by atomic mass is 16.5. The van der Waals surface area contributed by atoms with Crippen molar-refractivity contribution in [2.75, 3.05) is 11.5 Å². The Hall–Kier alpha value is -2.56. The van der Waals surface area contributed by atoms with Gasteiger partial charge in [-0.1, -0.05) is 0 Å². The molecule has 2 aromatic rings. The van der Waals surface area contributed by atoms with Crippen molar-refractivity contribution < 1.29 is 9.53 Å². The average Bonchev–Trinajstić information content (AvgIpc) is 2.36. The normalized spacial score (nSPS) is 10.0. The molecule has 2 rings (SSSR count). The van der Waals surface area contributed by atoms with Gasteiger partial charge in [-0.15, -0.1) is 0 Å². The van der Waals surface area contributed by atoms with Crippen molar-refractivity contribution in [3.05, 3.63) is 53.9 Å². The third-order valence-corrected chi connectivity index (χ3v) is 2.33. The maximum atomic E-state index is 11.8. The molecule has 0 aliphatic carbocycles. The lowest BCUT2D eigenvalue weighted by Crippen LogP contribution is -2.06. The van der Waals surface area contributed by atoms with E-state index in [0.717, 1.165) is 5.56 Å². The van der Waals surface area contributed by atoms with Gasteiger partial charge in [-0.3, -0.25) is 4.98 Å². The molecule has 0 radical (unpaired) electrons.